The first-order chi connectivity index (χ1) is 11.7. The molecule has 0 radical (unpaired) electrons. The number of nitriles is 1. The van der Waals surface area contributed by atoms with Crippen molar-refractivity contribution < 1.29 is 4.74 Å². The molecule has 24 heavy (non-hydrogen) atoms. The van der Waals surface area contributed by atoms with Crippen LogP contribution in [0.2, 0.25) is 0 Å². The maximum atomic E-state index is 9.33. The zero-order valence-corrected chi connectivity index (χ0v) is 14.0. The topological polar surface area (TPSA) is 74.1 Å². The normalized spacial score (nSPS) is 14.3. The summed E-state index contributed by atoms with van der Waals surface area (Å²) in [4.78, 5) is 2.32. The van der Waals surface area contributed by atoms with E-state index in [9.17, 15) is 5.26 Å². The van der Waals surface area contributed by atoms with Gasteiger partial charge in [-0.3, -0.25) is 0 Å². The Labute approximate surface area is 142 Å². The zero-order chi connectivity index (χ0) is 16.9. The average Bonchev–Trinajstić information content (AvgIpc) is 2.64. The summed E-state index contributed by atoms with van der Waals surface area (Å²) in [6, 6.07) is 10.6. The van der Waals surface area contributed by atoms with Gasteiger partial charge in [0, 0.05) is 25.3 Å². The second-order valence-corrected chi connectivity index (χ2v) is 5.87. The molecule has 2 aromatic rings. The van der Waals surface area contributed by atoms with Crippen LogP contribution in [0.1, 0.15) is 22.4 Å². The molecule has 6 nitrogen and oxygen atoms in total. The van der Waals surface area contributed by atoms with Crippen molar-refractivity contribution in [1.82, 2.24) is 10.2 Å². The minimum atomic E-state index is 0.540. The highest BCUT2D eigenvalue weighted by Gasteiger charge is 2.12. The van der Waals surface area contributed by atoms with Crippen LogP contribution in [0, 0.1) is 25.2 Å². The molecule has 0 saturated carbocycles. The Morgan fingerprint density at radius 2 is 1.88 bits per heavy atom. The Balaban J connectivity index is 1.67. The lowest BCUT2D eigenvalue weighted by atomic mass is 10.1. The zero-order valence-electron chi connectivity index (χ0n) is 14.0. The summed E-state index contributed by atoms with van der Waals surface area (Å²) in [6.45, 7) is 7.79. The van der Waals surface area contributed by atoms with Crippen molar-refractivity contribution in [2.75, 3.05) is 36.5 Å². The van der Waals surface area contributed by atoms with Gasteiger partial charge in [-0.1, -0.05) is 12.1 Å². The number of aryl methyl sites for hydroxylation is 1. The molecular weight excluding hydrogens is 302 g/mol. The van der Waals surface area contributed by atoms with E-state index >= 15 is 0 Å². The van der Waals surface area contributed by atoms with Crippen molar-refractivity contribution in [2.45, 2.75) is 20.4 Å². The molecule has 0 amide bonds. The summed E-state index contributed by atoms with van der Waals surface area (Å²) in [6.07, 6.45) is 0. The maximum Gasteiger partial charge on any atom is 0.167 e. The van der Waals surface area contributed by atoms with Gasteiger partial charge in [0.2, 0.25) is 0 Å². The quantitative estimate of drug-likeness (QED) is 0.931. The Bertz CT molecular complexity index is 745. The molecule has 2 heterocycles. The average molecular weight is 323 g/mol. The summed E-state index contributed by atoms with van der Waals surface area (Å²) < 4.78 is 5.38. The van der Waals surface area contributed by atoms with E-state index in [1.54, 1.807) is 0 Å². The number of hydrogen-bond acceptors (Lipinski definition) is 6. The van der Waals surface area contributed by atoms with Gasteiger partial charge in [0.25, 0.3) is 0 Å². The van der Waals surface area contributed by atoms with E-state index in [2.05, 4.69) is 50.7 Å². The molecule has 0 spiro atoms. The van der Waals surface area contributed by atoms with Crippen LogP contribution in [0.15, 0.2) is 24.3 Å². The van der Waals surface area contributed by atoms with Crippen molar-refractivity contribution in [3.8, 4) is 6.07 Å². The molecule has 1 saturated heterocycles. The van der Waals surface area contributed by atoms with Crippen molar-refractivity contribution in [1.29, 1.82) is 5.26 Å². The van der Waals surface area contributed by atoms with Gasteiger partial charge in [-0.05, 0) is 37.1 Å². The lowest BCUT2D eigenvalue weighted by Gasteiger charge is -2.28. The van der Waals surface area contributed by atoms with E-state index in [0.717, 1.165) is 43.1 Å². The molecule has 1 aliphatic rings. The number of ether oxygens (including phenoxy) is 1. The smallest absolute Gasteiger partial charge is 0.167 e. The third kappa shape index (κ3) is 3.47. The van der Waals surface area contributed by atoms with Crippen molar-refractivity contribution >= 4 is 11.5 Å². The molecule has 1 N–H and O–H groups in total. The van der Waals surface area contributed by atoms with Crippen molar-refractivity contribution in [3.63, 3.8) is 0 Å². The van der Waals surface area contributed by atoms with Crippen LogP contribution < -0.4 is 10.2 Å². The molecule has 1 fully saturated rings. The molecule has 0 bridgehead atoms. The molecule has 0 unspecified atom stereocenters. The highest BCUT2D eigenvalue weighted by molar-refractivity contribution is 5.56. The first-order valence-corrected chi connectivity index (χ1v) is 8.08. The fourth-order valence-corrected chi connectivity index (χ4v) is 2.70. The second kappa shape index (κ2) is 7.28. The van der Waals surface area contributed by atoms with E-state index in [1.807, 2.05) is 13.8 Å². The standard InChI is InChI=1S/C18H21N5O/c1-13-14(2)21-22-18(17(13)11-19)20-12-15-3-5-16(6-4-15)23-7-9-24-10-8-23/h3-6H,7-10,12H2,1-2H3,(H,20,22). The molecule has 3 rings (SSSR count). The molecule has 6 heteroatoms. The van der Waals surface area contributed by atoms with E-state index in [-0.39, 0.29) is 0 Å². The van der Waals surface area contributed by atoms with Gasteiger partial charge in [0.1, 0.15) is 11.6 Å². The number of anilines is 2. The molecule has 124 valence electrons. The number of aromatic nitrogens is 2. The molecular formula is C18H21N5O. The summed E-state index contributed by atoms with van der Waals surface area (Å²) in [5.74, 6) is 0.540. The van der Waals surface area contributed by atoms with Crippen LogP contribution in [0.3, 0.4) is 0 Å². The van der Waals surface area contributed by atoms with Crippen molar-refractivity contribution in [3.05, 3.63) is 46.6 Å². The number of nitrogens with one attached hydrogen (secondary N) is 1. The van der Waals surface area contributed by atoms with E-state index < -0.39 is 0 Å². The van der Waals surface area contributed by atoms with E-state index in [1.165, 1.54) is 5.69 Å². The largest absolute Gasteiger partial charge is 0.378 e. The number of benzene rings is 1. The fourth-order valence-electron chi connectivity index (χ4n) is 2.70. The first kappa shape index (κ1) is 16.2. The first-order valence-electron chi connectivity index (χ1n) is 8.08. The Kier molecular flexibility index (Phi) is 4.92. The van der Waals surface area contributed by atoms with Gasteiger partial charge < -0.3 is 15.0 Å². The lowest BCUT2D eigenvalue weighted by molar-refractivity contribution is 0.122. The van der Waals surface area contributed by atoms with Crippen molar-refractivity contribution in [2.24, 2.45) is 0 Å². The molecule has 1 aliphatic heterocycles. The number of nitrogens with zero attached hydrogens (tertiary/aromatic N) is 4. The van der Waals surface area contributed by atoms with Gasteiger partial charge in [-0.15, -0.1) is 5.10 Å². The fraction of sp³-hybridized carbons (Fsp3) is 0.389. The van der Waals surface area contributed by atoms with Gasteiger partial charge in [-0.25, -0.2) is 0 Å². The van der Waals surface area contributed by atoms with Gasteiger partial charge in [0.15, 0.2) is 5.82 Å². The minimum absolute atomic E-state index is 0.540. The van der Waals surface area contributed by atoms with E-state index in [0.29, 0.717) is 17.9 Å². The maximum absolute atomic E-state index is 9.33. The van der Waals surface area contributed by atoms with Crippen LogP contribution in [0.4, 0.5) is 11.5 Å². The Morgan fingerprint density at radius 3 is 2.54 bits per heavy atom. The summed E-state index contributed by atoms with van der Waals surface area (Å²) in [7, 11) is 0. The summed E-state index contributed by atoms with van der Waals surface area (Å²) in [5, 5.41) is 20.7. The number of hydrogen-bond donors (Lipinski definition) is 1. The minimum Gasteiger partial charge on any atom is -0.378 e. The second-order valence-electron chi connectivity index (χ2n) is 5.87. The van der Waals surface area contributed by atoms with Crippen LogP contribution in [0.5, 0.6) is 0 Å². The predicted molar refractivity (Wildman–Crippen MR) is 93.0 cm³/mol. The third-order valence-corrected chi connectivity index (χ3v) is 4.34. The number of rotatable bonds is 4. The SMILES string of the molecule is Cc1nnc(NCc2ccc(N3CCOCC3)cc2)c(C#N)c1C. The molecule has 1 aromatic heterocycles. The molecule has 0 aliphatic carbocycles. The highest BCUT2D eigenvalue weighted by atomic mass is 16.5. The highest BCUT2D eigenvalue weighted by Crippen LogP contribution is 2.20. The third-order valence-electron chi connectivity index (χ3n) is 4.34. The van der Waals surface area contributed by atoms with E-state index in [4.69, 9.17) is 4.74 Å². The van der Waals surface area contributed by atoms with Gasteiger partial charge in [-0.2, -0.15) is 10.4 Å². The monoisotopic (exact) mass is 323 g/mol. The summed E-state index contributed by atoms with van der Waals surface area (Å²) in [5.41, 5.74) is 4.57. The Hall–Kier alpha value is -2.65. The lowest BCUT2D eigenvalue weighted by Crippen LogP contribution is -2.36. The Morgan fingerprint density at radius 1 is 1.17 bits per heavy atom. The number of morpholine rings is 1. The van der Waals surface area contributed by atoms with Gasteiger partial charge in [0.05, 0.1) is 18.9 Å². The van der Waals surface area contributed by atoms with Crippen LogP contribution in [-0.2, 0) is 11.3 Å². The predicted octanol–water partition coefficient (Wildman–Crippen LogP) is 2.41. The molecule has 1 aromatic carbocycles. The van der Waals surface area contributed by atoms with Crippen LogP contribution in [0.25, 0.3) is 0 Å². The van der Waals surface area contributed by atoms with Crippen LogP contribution in [-0.4, -0.2) is 36.5 Å². The summed E-state index contributed by atoms with van der Waals surface area (Å²) >= 11 is 0. The molecule has 0 atom stereocenters. The van der Waals surface area contributed by atoms with Gasteiger partial charge >= 0.3 is 0 Å². The van der Waals surface area contributed by atoms with Crippen LogP contribution >= 0.6 is 0 Å².